The van der Waals surface area contributed by atoms with E-state index in [1.165, 1.54) is 30.5 Å². The summed E-state index contributed by atoms with van der Waals surface area (Å²) in [5.41, 5.74) is 1.57. The SMILES string of the molecule is CCc1ccc(Sc2c(C#N)cc(OC)c(O)c2C#N)cc1. The third-order valence-corrected chi connectivity index (χ3v) is 4.36. The maximum absolute atomic E-state index is 10.1. The van der Waals surface area contributed by atoms with Gasteiger partial charge in [-0.05, 0) is 24.1 Å². The van der Waals surface area contributed by atoms with Crippen LogP contribution in [0.1, 0.15) is 23.6 Å². The zero-order chi connectivity index (χ0) is 16.1. The maximum Gasteiger partial charge on any atom is 0.177 e. The Kier molecular flexibility index (Phi) is 4.93. The molecule has 1 N–H and O–H groups in total. The second-order valence-electron chi connectivity index (χ2n) is 4.50. The van der Waals surface area contributed by atoms with E-state index in [1.807, 2.05) is 30.3 Å². The van der Waals surface area contributed by atoms with Gasteiger partial charge in [-0.2, -0.15) is 10.5 Å². The molecule has 0 unspecified atom stereocenters. The molecule has 0 aliphatic rings. The van der Waals surface area contributed by atoms with Crippen LogP contribution in [0.4, 0.5) is 0 Å². The maximum atomic E-state index is 10.1. The second kappa shape index (κ2) is 6.89. The van der Waals surface area contributed by atoms with Gasteiger partial charge >= 0.3 is 0 Å². The molecule has 0 bridgehead atoms. The lowest BCUT2D eigenvalue weighted by atomic mass is 10.1. The van der Waals surface area contributed by atoms with E-state index in [2.05, 4.69) is 13.0 Å². The molecule has 0 amide bonds. The Bertz CT molecular complexity index is 771. The summed E-state index contributed by atoms with van der Waals surface area (Å²) in [6, 6.07) is 13.3. The highest BCUT2D eigenvalue weighted by Crippen LogP contribution is 2.41. The van der Waals surface area contributed by atoms with E-state index in [-0.39, 0.29) is 17.1 Å². The van der Waals surface area contributed by atoms with Crippen molar-refractivity contribution in [3.8, 4) is 23.6 Å². The number of rotatable bonds is 4. The van der Waals surface area contributed by atoms with Gasteiger partial charge in [0, 0.05) is 11.0 Å². The van der Waals surface area contributed by atoms with Gasteiger partial charge in [-0.1, -0.05) is 30.8 Å². The molecule has 4 nitrogen and oxygen atoms in total. The molecule has 0 aromatic heterocycles. The molecule has 0 heterocycles. The van der Waals surface area contributed by atoms with Gasteiger partial charge < -0.3 is 9.84 Å². The molecular formula is C17H14N2O2S. The number of phenols is 1. The fourth-order valence-electron chi connectivity index (χ4n) is 1.99. The number of hydrogen-bond acceptors (Lipinski definition) is 5. The summed E-state index contributed by atoms with van der Waals surface area (Å²) in [6.45, 7) is 2.07. The number of phenolic OH excluding ortho intramolecular Hbond substituents is 1. The largest absolute Gasteiger partial charge is 0.503 e. The van der Waals surface area contributed by atoms with Crippen molar-refractivity contribution in [2.45, 2.75) is 23.1 Å². The lowest BCUT2D eigenvalue weighted by molar-refractivity contribution is 0.371. The van der Waals surface area contributed by atoms with E-state index in [1.54, 1.807) is 0 Å². The first-order valence-electron chi connectivity index (χ1n) is 6.65. The van der Waals surface area contributed by atoms with Crippen molar-refractivity contribution < 1.29 is 9.84 Å². The minimum absolute atomic E-state index is 0.0560. The first kappa shape index (κ1) is 15.8. The van der Waals surface area contributed by atoms with Gasteiger partial charge in [0.2, 0.25) is 0 Å². The Morgan fingerprint density at radius 2 is 1.86 bits per heavy atom. The third-order valence-electron chi connectivity index (χ3n) is 3.22. The third kappa shape index (κ3) is 3.00. The molecule has 2 aromatic rings. The monoisotopic (exact) mass is 310 g/mol. The number of nitriles is 2. The molecule has 0 saturated carbocycles. The molecule has 0 atom stereocenters. The number of benzene rings is 2. The smallest absolute Gasteiger partial charge is 0.177 e. The highest BCUT2D eigenvalue weighted by Gasteiger charge is 2.19. The van der Waals surface area contributed by atoms with Crippen LogP contribution in [0.25, 0.3) is 0 Å². The van der Waals surface area contributed by atoms with E-state index in [0.29, 0.717) is 10.5 Å². The molecule has 0 aliphatic heterocycles. The van der Waals surface area contributed by atoms with Gasteiger partial charge in [-0.25, -0.2) is 0 Å². The lowest BCUT2D eigenvalue weighted by Crippen LogP contribution is -1.93. The Morgan fingerprint density at radius 3 is 2.36 bits per heavy atom. The van der Waals surface area contributed by atoms with Crippen LogP contribution >= 0.6 is 11.8 Å². The standard InChI is InChI=1S/C17H14N2O2S/c1-3-11-4-6-13(7-5-11)22-17-12(9-18)8-15(21-2)16(20)14(17)10-19/h4-8,20H,3H2,1-2H3. The molecule has 0 aliphatic carbocycles. The van der Waals surface area contributed by atoms with E-state index in [0.717, 1.165) is 11.3 Å². The van der Waals surface area contributed by atoms with E-state index < -0.39 is 0 Å². The number of methoxy groups -OCH3 is 1. The molecule has 110 valence electrons. The molecule has 0 radical (unpaired) electrons. The van der Waals surface area contributed by atoms with Crippen LogP contribution in [-0.4, -0.2) is 12.2 Å². The minimum atomic E-state index is -0.239. The van der Waals surface area contributed by atoms with Crippen molar-refractivity contribution in [1.29, 1.82) is 10.5 Å². The van der Waals surface area contributed by atoms with Crippen molar-refractivity contribution in [1.82, 2.24) is 0 Å². The fourth-order valence-corrected chi connectivity index (χ4v) is 2.96. The number of hydrogen-bond donors (Lipinski definition) is 1. The molecule has 2 aromatic carbocycles. The van der Waals surface area contributed by atoms with Crippen LogP contribution in [0.15, 0.2) is 40.1 Å². The average Bonchev–Trinajstić information content (AvgIpc) is 2.56. The summed E-state index contributed by atoms with van der Waals surface area (Å²) in [4.78, 5) is 1.34. The Balaban J connectivity index is 2.51. The van der Waals surface area contributed by atoms with Gasteiger partial charge in [-0.15, -0.1) is 0 Å². The number of ether oxygens (including phenoxy) is 1. The zero-order valence-electron chi connectivity index (χ0n) is 12.3. The van der Waals surface area contributed by atoms with Crippen LogP contribution in [0.2, 0.25) is 0 Å². The summed E-state index contributed by atoms with van der Waals surface area (Å²) in [5.74, 6) is -0.115. The number of nitrogens with zero attached hydrogens (tertiary/aromatic N) is 2. The predicted molar refractivity (Wildman–Crippen MR) is 84.0 cm³/mol. The van der Waals surface area contributed by atoms with Crippen LogP contribution < -0.4 is 4.74 Å². The van der Waals surface area contributed by atoms with Gasteiger partial charge in [-0.3, -0.25) is 0 Å². The summed E-state index contributed by atoms with van der Waals surface area (Å²) < 4.78 is 5.00. The van der Waals surface area contributed by atoms with E-state index in [9.17, 15) is 15.6 Å². The van der Waals surface area contributed by atoms with E-state index in [4.69, 9.17) is 4.74 Å². The number of aryl methyl sites for hydroxylation is 1. The Labute approximate surface area is 133 Å². The Morgan fingerprint density at radius 1 is 1.18 bits per heavy atom. The lowest BCUT2D eigenvalue weighted by Gasteiger charge is -2.11. The first-order chi connectivity index (χ1) is 10.6. The second-order valence-corrected chi connectivity index (χ2v) is 5.59. The van der Waals surface area contributed by atoms with Crippen molar-refractivity contribution >= 4 is 11.8 Å². The topological polar surface area (TPSA) is 77.0 Å². The Hall–Kier alpha value is -2.63. The van der Waals surface area contributed by atoms with Crippen molar-refractivity contribution in [3.05, 3.63) is 47.0 Å². The molecule has 0 fully saturated rings. The van der Waals surface area contributed by atoms with Crippen molar-refractivity contribution in [3.63, 3.8) is 0 Å². The highest BCUT2D eigenvalue weighted by atomic mass is 32.2. The van der Waals surface area contributed by atoms with Crippen LogP contribution in [0.3, 0.4) is 0 Å². The predicted octanol–water partition coefficient (Wildman–Crippen LogP) is 3.86. The summed E-state index contributed by atoms with van der Waals surface area (Å²) in [6.07, 6.45) is 0.946. The van der Waals surface area contributed by atoms with Gasteiger partial charge in [0.05, 0.1) is 17.6 Å². The van der Waals surface area contributed by atoms with Crippen LogP contribution in [0.5, 0.6) is 11.5 Å². The first-order valence-corrected chi connectivity index (χ1v) is 7.47. The highest BCUT2D eigenvalue weighted by molar-refractivity contribution is 7.99. The quantitative estimate of drug-likeness (QED) is 0.928. The molecule has 0 saturated heterocycles. The molecular weight excluding hydrogens is 296 g/mol. The molecule has 5 heteroatoms. The van der Waals surface area contributed by atoms with Crippen molar-refractivity contribution in [2.24, 2.45) is 0 Å². The zero-order valence-corrected chi connectivity index (χ0v) is 13.1. The summed E-state index contributed by atoms with van der Waals surface area (Å²) in [7, 11) is 1.38. The van der Waals surface area contributed by atoms with Crippen molar-refractivity contribution in [2.75, 3.05) is 7.11 Å². The molecule has 2 rings (SSSR count). The molecule has 0 spiro atoms. The normalized spacial score (nSPS) is 9.82. The van der Waals surface area contributed by atoms with E-state index >= 15 is 0 Å². The van der Waals surface area contributed by atoms with Crippen LogP contribution in [0, 0.1) is 22.7 Å². The van der Waals surface area contributed by atoms with Gasteiger partial charge in [0.15, 0.2) is 11.5 Å². The summed E-state index contributed by atoms with van der Waals surface area (Å²) in [5, 5.41) is 28.7. The average molecular weight is 310 g/mol. The summed E-state index contributed by atoms with van der Waals surface area (Å²) >= 11 is 1.28. The van der Waals surface area contributed by atoms with Crippen LogP contribution in [-0.2, 0) is 6.42 Å². The minimum Gasteiger partial charge on any atom is -0.503 e. The fraction of sp³-hybridized carbons (Fsp3) is 0.176. The molecule has 22 heavy (non-hydrogen) atoms. The van der Waals surface area contributed by atoms with Gasteiger partial charge in [0.25, 0.3) is 0 Å². The number of aromatic hydroxyl groups is 1. The van der Waals surface area contributed by atoms with Gasteiger partial charge in [0.1, 0.15) is 17.7 Å².